The molecule has 2 aromatic carbocycles. The number of ether oxygens (including phenoxy) is 1. The molecule has 0 radical (unpaired) electrons. The van der Waals surface area contributed by atoms with Crippen LogP contribution in [0.1, 0.15) is 11.1 Å². The number of fused-ring (bicyclic) bond motifs is 2. The number of aromatic nitrogens is 1. The van der Waals surface area contributed by atoms with Crippen LogP contribution in [0.4, 0.5) is 14.5 Å². The van der Waals surface area contributed by atoms with E-state index in [1.54, 1.807) is 0 Å². The van der Waals surface area contributed by atoms with Crippen molar-refractivity contribution < 1.29 is 23.5 Å². The highest BCUT2D eigenvalue weighted by molar-refractivity contribution is 6.58. The first-order valence-corrected chi connectivity index (χ1v) is 10.00. The van der Waals surface area contributed by atoms with Gasteiger partial charge in [-0.3, -0.25) is 4.90 Å². The van der Waals surface area contributed by atoms with Gasteiger partial charge in [-0.2, -0.15) is 0 Å². The number of rotatable bonds is 5. The van der Waals surface area contributed by atoms with E-state index in [4.69, 9.17) is 9.57 Å². The summed E-state index contributed by atoms with van der Waals surface area (Å²) in [6.07, 6.45) is 0. The fraction of sp³-hybridized carbons (Fsp3) is 0.273. The van der Waals surface area contributed by atoms with Crippen molar-refractivity contribution in [3.63, 3.8) is 0 Å². The Labute approximate surface area is 176 Å². The number of H-pyrrole nitrogens is 1. The maximum absolute atomic E-state index is 14.0. The highest BCUT2D eigenvalue weighted by Gasteiger charge is 2.30. The number of nitrogens with zero attached hydrogens (tertiary/aromatic N) is 3. The molecule has 160 valence electrons. The molecular weight excluding hydrogens is 406 g/mol. The van der Waals surface area contributed by atoms with Crippen LogP contribution in [0.3, 0.4) is 0 Å². The molecule has 1 fully saturated rings. The number of nitrogens with one attached hydrogen (secondary N) is 1. The Hall–Kier alpha value is -3.30. The van der Waals surface area contributed by atoms with E-state index in [9.17, 15) is 13.9 Å². The van der Waals surface area contributed by atoms with Crippen molar-refractivity contribution >= 4 is 28.0 Å². The number of morpholine rings is 1. The topological polar surface area (TPSA) is 82.4 Å². The third-order valence-corrected chi connectivity index (χ3v) is 5.41. The van der Waals surface area contributed by atoms with E-state index in [2.05, 4.69) is 20.0 Å². The van der Waals surface area contributed by atoms with Crippen molar-refractivity contribution in [3.8, 4) is 5.88 Å². The zero-order valence-electron chi connectivity index (χ0n) is 16.6. The van der Waals surface area contributed by atoms with E-state index in [0.717, 1.165) is 13.1 Å². The van der Waals surface area contributed by atoms with Crippen molar-refractivity contribution in [1.82, 2.24) is 9.88 Å². The molecular formula is C22H20F2N4O3. The lowest BCUT2D eigenvalue weighted by Gasteiger charge is -2.25. The van der Waals surface area contributed by atoms with Crippen LogP contribution < -0.4 is 0 Å². The van der Waals surface area contributed by atoms with Gasteiger partial charge in [0.15, 0.2) is 5.88 Å². The largest absolute Gasteiger partial charge is 0.494 e. The zero-order valence-corrected chi connectivity index (χ0v) is 16.6. The Morgan fingerprint density at radius 3 is 2.74 bits per heavy atom. The van der Waals surface area contributed by atoms with Gasteiger partial charge >= 0.3 is 0 Å². The second-order valence-corrected chi connectivity index (χ2v) is 7.39. The predicted molar refractivity (Wildman–Crippen MR) is 112 cm³/mol. The molecule has 0 unspecified atom stereocenters. The van der Waals surface area contributed by atoms with Gasteiger partial charge in [-0.05, 0) is 36.4 Å². The van der Waals surface area contributed by atoms with E-state index in [0.29, 0.717) is 59.8 Å². The molecule has 2 N–H and O–H groups in total. The molecule has 0 aliphatic carbocycles. The Morgan fingerprint density at radius 1 is 1.13 bits per heavy atom. The van der Waals surface area contributed by atoms with Crippen LogP contribution in [0.2, 0.25) is 0 Å². The molecule has 0 bridgehead atoms. The molecule has 5 rings (SSSR count). The van der Waals surface area contributed by atoms with E-state index in [1.807, 2.05) is 0 Å². The molecule has 7 nitrogen and oxygen atoms in total. The second kappa shape index (κ2) is 8.09. The summed E-state index contributed by atoms with van der Waals surface area (Å²) in [5.41, 5.74) is 2.37. The Balaban J connectivity index is 1.49. The first kappa shape index (κ1) is 19.7. The van der Waals surface area contributed by atoms with Gasteiger partial charge in [0, 0.05) is 36.1 Å². The zero-order chi connectivity index (χ0) is 21.4. The normalized spacial score (nSPS) is 17.9. The standard InChI is InChI=1S/C22H20F2N4O3/c23-13-1-3-17-15(11-13)19(22(29)26-17)21-20(16-12-14(24)2-4-18(16)25-21)27-31-10-7-28-5-8-30-9-6-28/h1-4,11-12,26,29H,5-10H2/b27-20+. The number of aromatic amines is 1. The van der Waals surface area contributed by atoms with Gasteiger partial charge in [0.2, 0.25) is 0 Å². The molecule has 2 aliphatic rings. The van der Waals surface area contributed by atoms with Crippen LogP contribution in [0.15, 0.2) is 46.5 Å². The second-order valence-electron chi connectivity index (χ2n) is 7.39. The molecule has 0 amide bonds. The monoisotopic (exact) mass is 426 g/mol. The maximum Gasteiger partial charge on any atom is 0.199 e. The van der Waals surface area contributed by atoms with Crippen LogP contribution in [0.25, 0.3) is 10.9 Å². The van der Waals surface area contributed by atoms with E-state index >= 15 is 0 Å². The fourth-order valence-electron chi connectivity index (χ4n) is 3.86. The van der Waals surface area contributed by atoms with Crippen LogP contribution in [-0.4, -0.2) is 65.9 Å². The average Bonchev–Trinajstić information content (AvgIpc) is 3.27. The molecule has 1 aromatic heterocycles. The minimum atomic E-state index is -0.449. The van der Waals surface area contributed by atoms with Gasteiger partial charge in [-0.1, -0.05) is 5.16 Å². The summed E-state index contributed by atoms with van der Waals surface area (Å²) in [5, 5.41) is 15.2. The lowest BCUT2D eigenvalue weighted by atomic mass is 10.0. The maximum atomic E-state index is 14.0. The molecule has 3 heterocycles. The van der Waals surface area contributed by atoms with Crippen LogP contribution in [0, 0.1) is 11.6 Å². The minimum Gasteiger partial charge on any atom is -0.494 e. The summed E-state index contributed by atoms with van der Waals surface area (Å²) in [6, 6.07) is 8.30. The van der Waals surface area contributed by atoms with Crippen molar-refractivity contribution in [1.29, 1.82) is 0 Å². The molecule has 9 heteroatoms. The third-order valence-electron chi connectivity index (χ3n) is 5.41. The summed E-state index contributed by atoms with van der Waals surface area (Å²) in [7, 11) is 0. The van der Waals surface area contributed by atoms with Crippen molar-refractivity contribution in [2.75, 3.05) is 39.5 Å². The lowest BCUT2D eigenvalue weighted by molar-refractivity contribution is 0.0213. The summed E-state index contributed by atoms with van der Waals surface area (Å²) in [5.74, 6) is -1.06. The van der Waals surface area contributed by atoms with Crippen LogP contribution in [0.5, 0.6) is 5.88 Å². The minimum absolute atomic E-state index is 0.173. The first-order valence-electron chi connectivity index (χ1n) is 10.00. The van der Waals surface area contributed by atoms with Crippen LogP contribution >= 0.6 is 0 Å². The number of aromatic hydroxyl groups is 1. The fourth-order valence-corrected chi connectivity index (χ4v) is 3.86. The highest BCUT2D eigenvalue weighted by Crippen LogP contribution is 2.36. The van der Waals surface area contributed by atoms with E-state index in [1.165, 1.54) is 36.4 Å². The van der Waals surface area contributed by atoms with E-state index in [-0.39, 0.29) is 11.6 Å². The van der Waals surface area contributed by atoms with Gasteiger partial charge in [-0.15, -0.1) is 0 Å². The molecule has 31 heavy (non-hydrogen) atoms. The highest BCUT2D eigenvalue weighted by atomic mass is 19.1. The van der Waals surface area contributed by atoms with Gasteiger partial charge in [0.05, 0.1) is 24.5 Å². The molecule has 0 saturated carbocycles. The quantitative estimate of drug-likeness (QED) is 0.484. The van der Waals surface area contributed by atoms with Gasteiger partial charge < -0.3 is 19.7 Å². The number of hydrogen-bond donors (Lipinski definition) is 2. The number of oxime groups is 1. The number of aliphatic imine (C=N–C) groups is 1. The van der Waals surface area contributed by atoms with Gasteiger partial charge in [-0.25, -0.2) is 13.8 Å². The molecule has 2 aliphatic heterocycles. The van der Waals surface area contributed by atoms with Crippen LogP contribution in [-0.2, 0) is 9.57 Å². The summed E-state index contributed by atoms with van der Waals surface area (Å²) in [4.78, 5) is 15.1. The Bertz CT molecular complexity index is 1200. The number of halogens is 2. The lowest BCUT2D eigenvalue weighted by Crippen LogP contribution is -2.38. The summed E-state index contributed by atoms with van der Waals surface area (Å²) >= 11 is 0. The molecule has 0 spiro atoms. The first-order chi connectivity index (χ1) is 15.1. The molecule has 0 atom stereocenters. The summed E-state index contributed by atoms with van der Waals surface area (Å²) < 4.78 is 33.2. The van der Waals surface area contributed by atoms with Crippen molar-refractivity contribution in [3.05, 3.63) is 59.2 Å². The smallest absolute Gasteiger partial charge is 0.199 e. The SMILES string of the molecule is Oc1[nH]c2ccc(F)cc2c1C1=Nc2ccc(F)cc2/C1=N\OCCN1CCOCC1. The Kier molecular flexibility index (Phi) is 5.13. The average molecular weight is 426 g/mol. The molecule has 1 saturated heterocycles. The number of benzene rings is 2. The van der Waals surface area contributed by atoms with Gasteiger partial charge in [0.1, 0.15) is 29.7 Å². The third kappa shape index (κ3) is 3.77. The summed E-state index contributed by atoms with van der Waals surface area (Å²) in [6.45, 7) is 4.04. The predicted octanol–water partition coefficient (Wildman–Crippen LogP) is 3.34. The number of hydrogen-bond acceptors (Lipinski definition) is 6. The van der Waals surface area contributed by atoms with E-state index < -0.39 is 11.6 Å². The molecule has 3 aromatic rings. The van der Waals surface area contributed by atoms with Crippen molar-refractivity contribution in [2.24, 2.45) is 10.1 Å². The van der Waals surface area contributed by atoms with Crippen molar-refractivity contribution in [2.45, 2.75) is 0 Å². The Morgan fingerprint density at radius 2 is 1.90 bits per heavy atom. The van der Waals surface area contributed by atoms with Gasteiger partial charge in [0.25, 0.3) is 0 Å².